The van der Waals surface area contributed by atoms with Crippen molar-refractivity contribution in [2.45, 2.75) is 39.3 Å². The highest BCUT2D eigenvalue weighted by molar-refractivity contribution is 14.0. The van der Waals surface area contributed by atoms with Crippen molar-refractivity contribution < 1.29 is 4.74 Å². The van der Waals surface area contributed by atoms with E-state index in [1.54, 1.807) is 18.4 Å². The van der Waals surface area contributed by atoms with Crippen LogP contribution in [0.1, 0.15) is 41.3 Å². The molecule has 1 saturated heterocycles. The van der Waals surface area contributed by atoms with Gasteiger partial charge in [0.05, 0.1) is 19.7 Å². The van der Waals surface area contributed by atoms with E-state index in [1.807, 2.05) is 18.3 Å². The van der Waals surface area contributed by atoms with Gasteiger partial charge in [-0.15, -0.1) is 35.3 Å². The Morgan fingerprint density at radius 1 is 1.24 bits per heavy atom. The highest BCUT2D eigenvalue weighted by Crippen LogP contribution is 2.26. The van der Waals surface area contributed by atoms with E-state index in [9.17, 15) is 0 Å². The molecule has 0 saturated carbocycles. The number of methoxy groups -OCH3 is 1. The average Bonchev–Trinajstić information content (AvgIpc) is 3.38. The quantitative estimate of drug-likeness (QED) is 0.308. The van der Waals surface area contributed by atoms with Crippen molar-refractivity contribution in [2.75, 3.05) is 33.3 Å². The van der Waals surface area contributed by atoms with Gasteiger partial charge >= 0.3 is 0 Å². The first-order valence-electron chi connectivity index (χ1n) is 10.0. The molecule has 1 aliphatic heterocycles. The highest BCUT2D eigenvalue weighted by Gasteiger charge is 2.23. The summed E-state index contributed by atoms with van der Waals surface area (Å²) in [6, 6.07) is 8.75. The summed E-state index contributed by atoms with van der Waals surface area (Å²) in [7, 11) is 1.71. The zero-order valence-corrected chi connectivity index (χ0v) is 20.6. The summed E-state index contributed by atoms with van der Waals surface area (Å²) in [5.74, 6) is 1.73. The van der Waals surface area contributed by atoms with Gasteiger partial charge in [-0.25, -0.2) is 9.98 Å². The molecular weight excluding hydrogens is 497 g/mol. The van der Waals surface area contributed by atoms with Crippen molar-refractivity contribution >= 4 is 41.3 Å². The Kier molecular flexibility index (Phi) is 10.2. The van der Waals surface area contributed by atoms with Crippen LogP contribution in [-0.2, 0) is 6.54 Å². The number of hydrogen-bond donors (Lipinski definition) is 2. The molecule has 0 spiro atoms. The van der Waals surface area contributed by atoms with Gasteiger partial charge in [-0.1, -0.05) is 12.1 Å². The number of aryl methyl sites for hydroxylation is 1. The van der Waals surface area contributed by atoms with Gasteiger partial charge < -0.3 is 15.4 Å². The number of thiazole rings is 1. The molecule has 0 bridgehead atoms. The van der Waals surface area contributed by atoms with Crippen LogP contribution in [-0.4, -0.2) is 49.1 Å². The summed E-state index contributed by atoms with van der Waals surface area (Å²) >= 11 is 1.70. The van der Waals surface area contributed by atoms with Crippen molar-refractivity contribution in [3.05, 3.63) is 45.9 Å². The normalized spacial score (nSPS) is 15.6. The molecule has 3 rings (SSSR count). The van der Waals surface area contributed by atoms with Crippen LogP contribution in [0.5, 0.6) is 5.75 Å². The Balaban J connectivity index is 0.00000300. The molecule has 2 aromatic rings. The van der Waals surface area contributed by atoms with E-state index in [0.717, 1.165) is 42.9 Å². The second-order valence-corrected chi connectivity index (χ2v) is 8.29. The number of aromatic nitrogens is 1. The number of nitrogens with zero attached hydrogens (tertiary/aromatic N) is 3. The fourth-order valence-electron chi connectivity index (χ4n) is 3.49. The van der Waals surface area contributed by atoms with Crippen LogP contribution in [0.4, 0.5) is 0 Å². The van der Waals surface area contributed by atoms with Crippen LogP contribution in [0.2, 0.25) is 0 Å². The molecule has 160 valence electrons. The lowest BCUT2D eigenvalue weighted by molar-refractivity contribution is 0.245. The van der Waals surface area contributed by atoms with Crippen LogP contribution >= 0.6 is 35.3 Å². The van der Waals surface area contributed by atoms with Gasteiger partial charge in [0.25, 0.3) is 0 Å². The number of hydrogen-bond acceptors (Lipinski definition) is 5. The minimum absolute atomic E-state index is 0. The molecule has 0 aliphatic carbocycles. The van der Waals surface area contributed by atoms with Gasteiger partial charge in [0, 0.05) is 24.2 Å². The molecule has 1 unspecified atom stereocenters. The lowest BCUT2D eigenvalue weighted by atomic mass is 10.1. The third-order valence-corrected chi connectivity index (χ3v) is 5.83. The molecule has 1 aromatic carbocycles. The summed E-state index contributed by atoms with van der Waals surface area (Å²) in [6.07, 6.45) is 4.44. The number of ether oxygens (including phenoxy) is 1. The van der Waals surface area contributed by atoms with Crippen molar-refractivity contribution in [1.82, 2.24) is 20.5 Å². The zero-order valence-electron chi connectivity index (χ0n) is 17.5. The second-order valence-electron chi connectivity index (χ2n) is 6.97. The Morgan fingerprint density at radius 3 is 2.55 bits per heavy atom. The molecular formula is C21H32IN5OS. The summed E-state index contributed by atoms with van der Waals surface area (Å²) in [5, 5.41) is 7.94. The molecule has 2 heterocycles. The fourth-order valence-corrected chi connectivity index (χ4v) is 4.20. The van der Waals surface area contributed by atoms with Crippen LogP contribution in [0.25, 0.3) is 0 Å². The number of benzene rings is 1. The number of likely N-dealkylation sites (tertiary alicyclic amines) is 1. The van der Waals surface area contributed by atoms with E-state index >= 15 is 0 Å². The first-order chi connectivity index (χ1) is 13.7. The monoisotopic (exact) mass is 529 g/mol. The van der Waals surface area contributed by atoms with Crippen molar-refractivity contribution in [2.24, 2.45) is 4.99 Å². The average molecular weight is 529 g/mol. The van der Waals surface area contributed by atoms with Crippen LogP contribution in [0, 0.1) is 6.92 Å². The number of aliphatic imine (C=N–C) groups is 1. The van der Waals surface area contributed by atoms with E-state index in [2.05, 4.69) is 46.5 Å². The number of nitrogens with one attached hydrogen (secondary N) is 2. The summed E-state index contributed by atoms with van der Waals surface area (Å²) in [4.78, 5) is 12.9. The predicted octanol–water partition coefficient (Wildman–Crippen LogP) is 3.97. The van der Waals surface area contributed by atoms with E-state index in [-0.39, 0.29) is 24.0 Å². The molecule has 1 fully saturated rings. The Bertz CT molecular complexity index is 759. The van der Waals surface area contributed by atoms with Crippen LogP contribution in [0.3, 0.4) is 0 Å². The minimum atomic E-state index is 0. The van der Waals surface area contributed by atoms with Crippen LogP contribution in [0.15, 0.2) is 35.5 Å². The molecule has 0 amide bonds. The molecule has 1 atom stereocenters. The molecule has 1 aliphatic rings. The topological polar surface area (TPSA) is 61.8 Å². The fraction of sp³-hybridized carbons (Fsp3) is 0.524. The number of rotatable bonds is 8. The summed E-state index contributed by atoms with van der Waals surface area (Å²) < 4.78 is 5.32. The van der Waals surface area contributed by atoms with Gasteiger partial charge in [-0.3, -0.25) is 4.90 Å². The van der Waals surface area contributed by atoms with E-state index in [0.29, 0.717) is 12.6 Å². The number of halogens is 1. The first-order valence-corrected chi connectivity index (χ1v) is 10.8. The maximum atomic E-state index is 5.32. The van der Waals surface area contributed by atoms with Gasteiger partial charge in [0.2, 0.25) is 0 Å². The third-order valence-electron chi connectivity index (χ3n) is 4.93. The van der Waals surface area contributed by atoms with E-state index < -0.39 is 0 Å². The largest absolute Gasteiger partial charge is 0.497 e. The summed E-state index contributed by atoms with van der Waals surface area (Å²) in [6.45, 7) is 8.70. The standard InChI is InChI=1S/C21H31N5OS.HI/c1-4-22-21(25-15-20-23-13-16(2)28-20)24-14-19(26-11-5-6-12-26)17-7-9-18(27-3)10-8-17;/h7-10,13,19H,4-6,11-12,14-15H2,1-3H3,(H2,22,24,25);1H. The smallest absolute Gasteiger partial charge is 0.191 e. The third kappa shape index (κ3) is 7.11. The maximum absolute atomic E-state index is 5.32. The molecule has 0 radical (unpaired) electrons. The van der Waals surface area contributed by atoms with E-state index in [1.165, 1.54) is 23.3 Å². The molecule has 6 nitrogen and oxygen atoms in total. The highest BCUT2D eigenvalue weighted by atomic mass is 127. The van der Waals surface area contributed by atoms with Gasteiger partial charge in [-0.2, -0.15) is 0 Å². The van der Waals surface area contributed by atoms with Crippen molar-refractivity contribution in [1.29, 1.82) is 0 Å². The Morgan fingerprint density at radius 2 is 1.97 bits per heavy atom. The maximum Gasteiger partial charge on any atom is 0.191 e. The zero-order chi connectivity index (χ0) is 19.8. The van der Waals surface area contributed by atoms with E-state index in [4.69, 9.17) is 9.73 Å². The summed E-state index contributed by atoms with van der Waals surface area (Å²) in [5.41, 5.74) is 1.31. The van der Waals surface area contributed by atoms with Gasteiger partial charge in [0.15, 0.2) is 5.96 Å². The van der Waals surface area contributed by atoms with Crippen molar-refractivity contribution in [3.63, 3.8) is 0 Å². The predicted molar refractivity (Wildman–Crippen MR) is 132 cm³/mol. The minimum Gasteiger partial charge on any atom is -0.497 e. The Labute approximate surface area is 195 Å². The molecule has 2 N–H and O–H groups in total. The van der Waals surface area contributed by atoms with Crippen molar-refractivity contribution in [3.8, 4) is 5.75 Å². The van der Waals surface area contributed by atoms with Gasteiger partial charge in [0.1, 0.15) is 10.8 Å². The first kappa shape index (κ1) is 23.9. The SMILES string of the molecule is CCNC(=NCc1ncc(C)s1)NCC(c1ccc(OC)cc1)N1CCCC1.I. The lowest BCUT2D eigenvalue weighted by Gasteiger charge is -2.29. The molecule has 29 heavy (non-hydrogen) atoms. The molecule has 1 aromatic heterocycles. The number of guanidine groups is 1. The molecule has 8 heteroatoms. The van der Waals surface area contributed by atoms with Gasteiger partial charge in [-0.05, 0) is 57.5 Å². The van der Waals surface area contributed by atoms with Crippen LogP contribution < -0.4 is 15.4 Å². The second kappa shape index (κ2) is 12.3. The lowest BCUT2D eigenvalue weighted by Crippen LogP contribution is -2.42. The Hall–Kier alpha value is -1.39.